The van der Waals surface area contributed by atoms with Crippen LogP contribution in [0.25, 0.3) is 6.08 Å². The number of hydrogen-bond acceptors (Lipinski definition) is 3. The van der Waals surface area contributed by atoms with Gasteiger partial charge in [-0.25, -0.2) is 0 Å². The van der Waals surface area contributed by atoms with Crippen LogP contribution < -0.4 is 15.4 Å². The number of benzene rings is 2. The molecule has 0 saturated heterocycles. The first kappa shape index (κ1) is 19.0. The van der Waals surface area contributed by atoms with E-state index in [1.165, 1.54) is 43.5 Å². The summed E-state index contributed by atoms with van der Waals surface area (Å²) in [6, 6.07) is 12.6. The first-order chi connectivity index (χ1) is 12.3. The summed E-state index contributed by atoms with van der Waals surface area (Å²) in [7, 11) is 1.49. The molecule has 0 aliphatic rings. The Morgan fingerprint density at radius 1 is 0.962 bits per heavy atom. The average molecular weight is 364 g/mol. The number of para-hydroxylation sites is 3. The fourth-order valence-electron chi connectivity index (χ4n) is 2.04. The molecule has 2 aromatic carbocycles. The van der Waals surface area contributed by atoms with E-state index in [4.69, 9.17) is 4.74 Å². The lowest BCUT2D eigenvalue weighted by molar-refractivity contribution is -0.167. The number of anilines is 2. The molecule has 0 aromatic heterocycles. The minimum atomic E-state index is -5.03. The maximum Gasteiger partial charge on any atom is 0.471 e. The summed E-state index contributed by atoms with van der Waals surface area (Å²) >= 11 is 0. The van der Waals surface area contributed by atoms with Crippen molar-refractivity contribution in [1.29, 1.82) is 0 Å². The molecule has 0 fully saturated rings. The number of alkyl halides is 3. The fraction of sp³-hybridized carbons (Fsp3) is 0.111. The Kier molecular flexibility index (Phi) is 6.00. The number of nitrogens with one attached hydrogen (secondary N) is 2. The molecule has 0 aliphatic heterocycles. The van der Waals surface area contributed by atoms with Gasteiger partial charge in [-0.05, 0) is 24.3 Å². The zero-order chi connectivity index (χ0) is 19.2. The molecular formula is C18H15F3N2O3. The molecule has 26 heavy (non-hydrogen) atoms. The summed E-state index contributed by atoms with van der Waals surface area (Å²) in [6.07, 6.45) is -2.31. The van der Waals surface area contributed by atoms with E-state index in [-0.39, 0.29) is 11.4 Å². The van der Waals surface area contributed by atoms with Crippen LogP contribution in [0, 0.1) is 0 Å². The zero-order valence-electron chi connectivity index (χ0n) is 13.6. The van der Waals surface area contributed by atoms with Crippen LogP contribution in [-0.4, -0.2) is 25.1 Å². The van der Waals surface area contributed by atoms with E-state index in [0.717, 1.165) is 0 Å². The molecule has 0 spiro atoms. The predicted molar refractivity (Wildman–Crippen MR) is 91.8 cm³/mol. The predicted octanol–water partition coefficient (Wildman–Crippen LogP) is 3.85. The van der Waals surface area contributed by atoms with Gasteiger partial charge in [0.05, 0.1) is 18.5 Å². The summed E-state index contributed by atoms with van der Waals surface area (Å²) in [5, 5.41) is 4.15. The van der Waals surface area contributed by atoms with Gasteiger partial charge in [0.1, 0.15) is 5.75 Å². The smallest absolute Gasteiger partial charge is 0.471 e. The monoisotopic (exact) mass is 364 g/mol. The number of ether oxygens (including phenoxy) is 1. The molecule has 2 aromatic rings. The highest BCUT2D eigenvalue weighted by molar-refractivity contribution is 6.06. The number of rotatable bonds is 5. The van der Waals surface area contributed by atoms with Gasteiger partial charge >= 0.3 is 12.1 Å². The molecule has 0 unspecified atom stereocenters. The van der Waals surface area contributed by atoms with E-state index in [9.17, 15) is 22.8 Å². The van der Waals surface area contributed by atoms with Crippen LogP contribution in [0.2, 0.25) is 0 Å². The number of amides is 2. The lowest BCUT2D eigenvalue weighted by Crippen LogP contribution is -2.30. The maximum atomic E-state index is 12.4. The summed E-state index contributed by atoms with van der Waals surface area (Å²) < 4.78 is 42.3. The third-order valence-electron chi connectivity index (χ3n) is 3.24. The normalized spacial score (nSPS) is 11.2. The molecule has 136 valence electrons. The molecule has 2 amide bonds. The summed E-state index contributed by atoms with van der Waals surface area (Å²) in [6.45, 7) is 0. The highest BCUT2D eigenvalue weighted by Crippen LogP contribution is 2.25. The largest absolute Gasteiger partial charge is 0.496 e. The van der Waals surface area contributed by atoms with E-state index in [1.54, 1.807) is 29.6 Å². The summed E-state index contributed by atoms with van der Waals surface area (Å²) in [5.41, 5.74) is 0.539. The van der Waals surface area contributed by atoms with Crippen LogP contribution in [0.5, 0.6) is 5.75 Å². The van der Waals surface area contributed by atoms with Gasteiger partial charge in [0.2, 0.25) is 5.91 Å². The molecule has 0 heterocycles. The van der Waals surface area contributed by atoms with Crippen LogP contribution in [0.15, 0.2) is 54.6 Å². The summed E-state index contributed by atoms with van der Waals surface area (Å²) in [4.78, 5) is 23.1. The minimum Gasteiger partial charge on any atom is -0.496 e. The number of hydrogen-bond donors (Lipinski definition) is 2. The van der Waals surface area contributed by atoms with Crippen molar-refractivity contribution in [2.24, 2.45) is 0 Å². The van der Waals surface area contributed by atoms with Crippen molar-refractivity contribution < 1.29 is 27.5 Å². The third-order valence-corrected chi connectivity index (χ3v) is 3.24. The van der Waals surface area contributed by atoms with Crippen LogP contribution in [0.4, 0.5) is 24.5 Å². The molecule has 0 aliphatic carbocycles. The van der Waals surface area contributed by atoms with Crippen molar-refractivity contribution in [2.45, 2.75) is 6.18 Å². The van der Waals surface area contributed by atoms with Gasteiger partial charge in [0.15, 0.2) is 0 Å². The van der Waals surface area contributed by atoms with Gasteiger partial charge in [0, 0.05) is 11.6 Å². The first-order valence-electron chi connectivity index (χ1n) is 7.40. The Hall–Kier alpha value is -3.29. The van der Waals surface area contributed by atoms with Gasteiger partial charge in [-0.3, -0.25) is 9.59 Å². The SMILES string of the molecule is COc1ccccc1/C=C/C(=O)Nc1ccccc1NC(=O)C(F)(F)F. The highest BCUT2D eigenvalue weighted by atomic mass is 19.4. The molecule has 0 atom stereocenters. The molecule has 8 heteroatoms. The standard InChI is InChI=1S/C18H15F3N2O3/c1-26-15-9-5-2-6-12(15)10-11-16(24)22-13-7-3-4-8-14(13)23-17(25)18(19,20)21/h2-11H,1H3,(H,22,24)(H,23,25)/b11-10+. The minimum absolute atomic E-state index is 0.0415. The van der Waals surface area contributed by atoms with E-state index >= 15 is 0 Å². The third kappa shape index (κ3) is 5.10. The lowest BCUT2D eigenvalue weighted by atomic mass is 10.2. The van der Waals surface area contributed by atoms with E-state index in [2.05, 4.69) is 5.32 Å². The second kappa shape index (κ2) is 8.19. The topological polar surface area (TPSA) is 67.4 Å². The van der Waals surface area contributed by atoms with Crippen molar-refractivity contribution in [3.8, 4) is 5.75 Å². The second-order valence-electron chi connectivity index (χ2n) is 5.06. The van der Waals surface area contributed by atoms with Crippen LogP contribution in [0.1, 0.15) is 5.56 Å². The molecule has 0 radical (unpaired) electrons. The highest BCUT2D eigenvalue weighted by Gasteiger charge is 2.38. The van der Waals surface area contributed by atoms with Gasteiger partial charge < -0.3 is 15.4 Å². The van der Waals surface area contributed by atoms with Gasteiger partial charge in [-0.15, -0.1) is 0 Å². The van der Waals surface area contributed by atoms with Crippen LogP contribution >= 0.6 is 0 Å². The van der Waals surface area contributed by atoms with Gasteiger partial charge in [-0.2, -0.15) is 13.2 Å². The fourth-order valence-corrected chi connectivity index (χ4v) is 2.04. The molecule has 5 nitrogen and oxygen atoms in total. The summed E-state index contributed by atoms with van der Waals surface area (Å²) in [5.74, 6) is -2.14. The van der Waals surface area contributed by atoms with E-state index in [0.29, 0.717) is 11.3 Å². The lowest BCUT2D eigenvalue weighted by Gasteiger charge is -2.12. The zero-order valence-corrected chi connectivity index (χ0v) is 13.6. The quantitative estimate of drug-likeness (QED) is 0.792. The number of halogens is 3. The van der Waals surface area contributed by atoms with Crippen molar-refractivity contribution in [3.05, 3.63) is 60.2 Å². The maximum absolute atomic E-state index is 12.4. The van der Waals surface area contributed by atoms with Crippen molar-refractivity contribution in [1.82, 2.24) is 0 Å². The molecule has 2 rings (SSSR count). The molecule has 0 saturated carbocycles. The second-order valence-corrected chi connectivity index (χ2v) is 5.06. The van der Waals surface area contributed by atoms with E-state index in [1.807, 2.05) is 0 Å². The average Bonchev–Trinajstić information content (AvgIpc) is 2.61. The van der Waals surface area contributed by atoms with Crippen LogP contribution in [-0.2, 0) is 9.59 Å². The van der Waals surface area contributed by atoms with Crippen molar-refractivity contribution in [3.63, 3.8) is 0 Å². The number of carbonyl (C=O) groups is 2. The van der Waals surface area contributed by atoms with Crippen LogP contribution in [0.3, 0.4) is 0 Å². The Labute approximate surface area is 147 Å². The molecular weight excluding hydrogens is 349 g/mol. The van der Waals surface area contributed by atoms with Crippen molar-refractivity contribution in [2.75, 3.05) is 17.7 Å². The Bertz CT molecular complexity index is 832. The van der Waals surface area contributed by atoms with E-state index < -0.39 is 18.0 Å². The van der Waals surface area contributed by atoms with Crippen molar-refractivity contribution >= 4 is 29.3 Å². The van der Waals surface area contributed by atoms with Gasteiger partial charge in [0.25, 0.3) is 0 Å². The molecule has 2 N–H and O–H groups in total. The Morgan fingerprint density at radius 2 is 1.54 bits per heavy atom. The Balaban J connectivity index is 2.12. The Morgan fingerprint density at radius 3 is 2.15 bits per heavy atom. The number of carbonyl (C=O) groups excluding carboxylic acids is 2. The number of methoxy groups -OCH3 is 1. The van der Waals surface area contributed by atoms with Gasteiger partial charge in [-0.1, -0.05) is 30.3 Å². The molecule has 0 bridgehead atoms. The first-order valence-corrected chi connectivity index (χ1v) is 7.40.